The first-order valence-corrected chi connectivity index (χ1v) is 30.1. The van der Waals surface area contributed by atoms with E-state index in [-0.39, 0.29) is 16.1 Å². The molecule has 2 saturated heterocycles. The first-order valence-electron chi connectivity index (χ1n) is 27.0. The first kappa shape index (κ1) is 51.4. The maximum Gasteiger partial charge on any atom is 0.181 e. The summed E-state index contributed by atoms with van der Waals surface area (Å²) in [5.41, 5.74) is 7.02. The summed E-state index contributed by atoms with van der Waals surface area (Å²) in [6, 6.07) is 43.2. The Labute approximate surface area is 434 Å². The summed E-state index contributed by atoms with van der Waals surface area (Å²) in [5, 5.41) is 2.52. The highest BCUT2D eigenvalue weighted by molar-refractivity contribution is 7.92. The summed E-state index contributed by atoms with van der Waals surface area (Å²) in [7, 11) is -6.83. The van der Waals surface area contributed by atoms with Gasteiger partial charge in [-0.15, -0.1) is 0 Å². The van der Waals surface area contributed by atoms with E-state index in [1.807, 2.05) is 30.3 Å². The van der Waals surface area contributed by atoms with Crippen LogP contribution in [-0.2, 0) is 51.1 Å². The number of nitrogens with one attached hydrogen (secondary N) is 1. The van der Waals surface area contributed by atoms with E-state index in [2.05, 4.69) is 152 Å². The molecule has 0 spiro atoms. The molecule has 10 nitrogen and oxygen atoms in total. The minimum absolute atomic E-state index is 0.0972. The number of hydrogen-bond donors (Lipinski definition) is 1. The molecule has 2 aliphatic carbocycles. The van der Waals surface area contributed by atoms with Gasteiger partial charge >= 0.3 is 0 Å². The molecule has 73 heavy (non-hydrogen) atoms. The molecule has 0 unspecified atom stereocenters. The molecule has 0 bridgehead atoms. The van der Waals surface area contributed by atoms with Gasteiger partial charge in [0.05, 0.1) is 47.9 Å². The van der Waals surface area contributed by atoms with E-state index in [1.54, 1.807) is 6.07 Å². The largest absolute Gasteiger partial charge is 0.328 e. The normalized spacial score (nSPS) is 18.0. The second-order valence-corrected chi connectivity index (χ2v) is 28.4. The zero-order chi connectivity index (χ0) is 51.2. The van der Waals surface area contributed by atoms with Crippen LogP contribution in [0.1, 0.15) is 121 Å². The Morgan fingerprint density at radius 1 is 0.493 bits per heavy atom. The Balaban J connectivity index is 0.000000192. The smallest absolute Gasteiger partial charge is 0.181 e. The maximum atomic E-state index is 14.3. The van der Waals surface area contributed by atoms with Crippen LogP contribution in [0.5, 0.6) is 0 Å². The van der Waals surface area contributed by atoms with Gasteiger partial charge in [-0.1, -0.05) is 133 Å². The molecule has 2 saturated carbocycles. The molecular formula is C61H76N6O4S2. The van der Waals surface area contributed by atoms with Crippen LogP contribution < -0.4 is 5.32 Å². The number of sulfone groups is 2. The average Bonchev–Trinajstić information content (AvgIpc) is 4.32. The van der Waals surface area contributed by atoms with Crippen LogP contribution in [0.15, 0.2) is 137 Å². The summed E-state index contributed by atoms with van der Waals surface area (Å²) < 4.78 is 59.3. The number of rotatable bonds is 14. The van der Waals surface area contributed by atoms with Crippen molar-refractivity contribution in [1.29, 1.82) is 0 Å². The van der Waals surface area contributed by atoms with Crippen molar-refractivity contribution in [2.75, 3.05) is 26.2 Å². The van der Waals surface area contributed by atoms with Crippen molar-refractivity contribution in [3.8, 4) is 0 Å². The van der Waals surface area contributed by atoms with Crippen molar-refractivity contribution in [2.45, 2.75) is 145 Å². The lowest BCUT2D eigenvalue weighted by molar-refractivity contribution is 0.129. The zero-order valence-corrected chi connectivity index (χ0v) is 45.6. The Morgan fingerprint density at radius 3 is 1.22 bits per heavy atom. The summed E-state index contributed by atoms with van der Waals surface area (Å²) in [6.07, 6.45) is 9.37. The molecule has 386 valence electrons. The van der Waals surface area contributed by atoms with Crippen LogP contribution in [0.2, 0.25) is 0 Å². The molecule has 5 aromatic carbocycles. The van der Waals surface area contributed by atoms with Crippen LogP contribution in [0.4, 0.5) is 0 Å². The third-order valence-electron chi connectivity index (χ3n) is 15.6. The quantitative estimate of drug-likeness (QED) is 0.107. The SMILES string of the molecule is CC(C)(C)Cc1nc2cc(S(=O)(=O)C3CCN(C(c4ccccc4)(c4ccccc4)c4ccccc4)CC3)ccc2n1CC1CC1.CC(C)(C)Cc1nc2cc(S(=O)(=O)C3CCNCC3)ccc2n1CC1CC1. The summed E-state index contributed by atoms with van der Waals surface area (Å²) in [6.45, 7) is 18.2. The topological polar surface area (TPSA) is 119 Å². The number of piperidine rings is 2. The number of imidazole rings is 2. The predicted octanol–water partition coefficient (Wildman–Crippen LogP) is 11.8. The third kappa shape index (κ3) is 11.1. The molecule has 11 rings (SSSR count). The van der Waals surface area contributed by atoms with E-state index >= 15 is 0 Å². The second kappa shape index (κ2) is 20.5. The molecule has 0 amide bonds. The van der Waals surface area contributed by atoms with E-state index in [0.29, 0.717) is 54.5 Å². The minimum Gasteiger partial charge on any atom is -0.328 e. The fraction of sp³-hybridized carbons (Fsp3) is 0.475. The molecular weight excluding hydrogens is 945 g/mol. The summed E-state index contributed by atoms with van der Waals surface area (Å²) in [4.78, 5) is 13.2. The molecule has 4 heterocycles. The number of aromatic nitrogens is 4. The standard InChI is InChI=1S/C40H45N3O2S.C21H31N3O2S/c1-39(2,3)28-38-41-36-27-35(21-22-37(36)43(38)29-30-19-20-30)46(44,45)34-23-25-42(26-24-34)40(31-13-7-4-8-14-31,32-15-9-5-10-16-32)33-17-11-6-12-18-33;1-21(2,3)13-20-23-18-12-17(27(25,26)16-8-10-22-11-9-16)6-7-19(18)24(20)14-15-4-5-15/h4-18,21-22,27,30,34H,19-20,23-26,28-29H2,1-3H3;6-7,12,15-16,22H,4-5,8-11,13-14H2,1-3H3. The first-order chi connectivity index (χ1) is 34.9. The van der Waals surface area contributed by atoms with Crippen molar-refractivity contribution in [3.63, 3.8) is 0 Å². The van der Waals surface area contributed by atoms with Crippen LogP contribution >= 0.6 is 0 Å². The molecule has 7 aromatic rings. The van der Waals surface area contributed by atoms with Gasteiger partial charge in [0, 0.05) is 39.0 Å². The Kier molecular flexibility index (Phi) is 14.4. The number of nitrogens with zero attached hydrogens (tertiary/aromatic N) is 5. The highest BCUT2D eigenvalue weighted by atomic mass is 32.2. The van der Waals surface area contributed by atoms with Crippen molar-refractivity contribution >= 4 is 41.7 Å². The van der Waals surface area contributed by atoms with Crippen LogP contribution in [0.25, 0.3) is 22.1 Å². The van der Waals surface area contributed by atoms with E-state index in [1.165, 1.54) is 42.4 Å². The lowest BCUT2D eigenvalue weighted by Gasteiger charge is -2.48. The highest BCUT2D eigenvalue weighted by Crippen LogP contribution is 2.45. The molecule has 4 aliphatic rings. The van der Waals surface area contributed by atoms with Crippen molar-refractivity contribution < 1.29 is 16.8 Å². The molecule has 0 radical (unpaired) electrons. The van der Waals surface area contributed by atoms with Crippen molar-refractivity contribution in [1.82, 2.24) is 29.3 Å². The van der Waals surface area contributed by atoms with Crippen LogP contribution in [-0.4, -0.2) is 77.5 Å². The van der Waals surface area contributed by atoms with Gasteiger partial charge in [0.2, 0.25) is 0 Å². The maximum absolute atomic E-state index is 14.3. The fourth-order valence-corrected chi connectivity index (χ4v) is 15.0. The highest BCUT2D eigenvalue weighted by Gasteiger charge is 2.45. The van der Waals surface area contributed by atoms with Gasteiger partial charge in [-0.2, -0.15) is 0 Å². The number of fused-ring (bicyclic) bond motifs is 2. The molecule has 12 heteroatoms. The van der Waals surface area contributed by atoms with Gasteiger partial charge < -0.3 is 14.5 Å². The van der Waals surface area contributed by atoms with Crippen molar-refractivity contribution in [3.05, 3.63) is 156 Å². The second-order valence-electron chi connectivity index (χ2n) is 24.0. The van der Waals surface area contributed by atoms with Gasteiger partial charge in [0.15, 0.2) is 19.7 Å². The van der Waals surface area contributed by atoms with Gasteiger partial charge in [0.1, 0.15) is 11.6 Å². The van der Waals surface area contributed by atoms with Crippen molar-refractivity contribution in [2.24, 2.45) is 22.7 Å². The van der Waals surface area contributed by atoms with Gasteiger partial charge in [-0.3, -0.25) is 4.90 Å². The Hall–Kier alpha value is -5.14. The van der Waals surface area contributed by atoms with Gasteiger partial charge in [-0.05, 0) is 140 Å². The Bertz CT molecular complexity index is 3150. The number of benzene rings is 5. The average molecular weight is 1020 g/mol. The summed E-state index contributed by atoms with van der Waals surface area (Å²) in [5.74, 6) is 3.61. The predicted molar refractivity (Wildman–Crippen MR) is 295 cm³/mol. The molecule has 1 N–H and O–H groups in total. The molecule has 4 fully saturated rings. The lowest BCUT2D eigenvalue weighted by atomic mass is 9.75. The van der Waals surface area contributed by atoms with E-state index in [9.17, 15) is 16.8 Å². The lowest BCUT2D eigenvalue weighted by Crippen LogP contribution is -2.52. The Morgan fingerprint density at radius 2 is 0.863 bits per heavy atom. The van der Waals surface area contributed by atoms with Gasteiger partial charge in [0.25, 0.3) is 0 Å². The molecule has 2 aliphatic heterocycles. The number of hydrogen-bond acceptors (Lipinski definition) is 8. The molecule has 2 aromatic heterocycles. The summed E-state index contributed by atoms with van der Waals surface area (Å²) >= 11 is 0. The number of likely N-dealkylation sites (tertiary alicyclic amines) is 1. The molecule has 0 atom stereocenters. The van der Waals surface area contributed by atoms with E-state index < -0.39 is 30.5 Å². The van der Waals surface area contributed by atoms with E-state index in [4.69, 9.17) is 9.97 Å². The van der Waals surface area contributed by atoms with Crippen LogP contribution in [0, 0.1) is 22.7 Å². The monoisotopic (exact) mass is 1020 g/mol. The third-order valence-corrected chi connectivity index (χ3v) is 20.1. The van der Waals surface area contributed by atoms with Crippen LogP contribution in [0.3, 0.4) is 0 Å². The zero-order valence-electron chi connectivity index (χ0n) is 43.9. The minimum atomic E-state index is -3.54. The van der Waals surface area contributed by atoms with E-state index in [0.717, 1.165) is 78.7 Å². The fourth-order valence-electron chi connectivity index (χ4n) is 11.5. The van der Waals surface area contributed by atoms with Gasteiger partial charge in [-0.25, -0.2) is 26.8 Å².